The van der Waals surface area contributed by atoms with Crippen molar-refractivity contribution in [3.8, 4) is 5.69 Å². The van der Waals surface area contributed by atoms with Gasteiger partial charge in [0, 0.05) is 30.3 Å². The van der Waals surface area contributed by atoms with Gasteiger partial charge < -0.3 is 10.6 Å². The summed E-state index contributed by atoms with van der Waals surface area (Å²) >= 11 is 0. The van der Waals surface area contributed by atoms with Crippen LogP contribution in [0.5, 0.6) is 0 Å². The number of hydrogen-bond acceptors (Lipinski definition) is 6. The number of benzene rings is 1. The second-order valence-corrected chi connectivity index (χ2v) is 7.81. The normalized spacial score (nSPS) is 13.2. The van der Waals surface area contributed by atoms with Crippen LogP contribution in [0, 0.1) is 0 Å². The van der Waals surface area contributed by atoms with Crippen LogP contribution in [0.25, 0.3) is 16.7 Å². The minimum Gasteiger partial charge on any atom is -0.324 e. The number of hydrogen-bond donors (Lipinski definition) is 2. The van der Waals surface area contributed by atoms with E-state index in [1.165, 1.54) is 11.1 Å². The Labute approximate surface area is 185 Å². The molecule has 0 atom stereocenters. The first-order valence-corrected chi connectivity index (χ1v) is 10.8. The van der Waals surface area contributed by atoms with Crippen LogP contribution in [0.4, 0.5) is 11.6 Å². The number of rotatable bonds is 6. The standard InChI is InChI=1S/C24H25N7O/c1-3-11-30-23(32)21-15-27-24(28-19-6-5-16-7-9-25-14-17(16)12-19)29-22(21)31(30)20-8-10-26-18(4-2)13-20/h3,5-6,8,10,12-13,15,25H,1,4,7,9,11,14H2,2H3,(H,27,28,29). The van der Waals surface area contributed by atoms with E-state index in [4.69, 9.17) is 4.98 Å². The monoisotopic (exact) mass is 427 g/mol. The Morgan fingerprint density at radius 1 is 1.22 bits per heavy atom. The zero-order valence-electron chi connectivity index (χ0n) is 18.0. The van der Waals surface area contributed by atoms with Gasteiger partial charge in [0.05, 0.1) is 12.2 Å². The van der Waals surface area contributed by atoms with Crippen LogP contribution in [0.15, 0.2) is 60.2 Å². The number of pyridine rings is 1. The second kappa shape index (κ2) is 8.39. The van der Waals surface area contributed by atoms with Gasteiger partial charge in [0.25, 0.3) is 5.56 Å². The lowest BCUT2D eigenvalue weighted by Crippen LogP contribution is -2.23. The van der Waals surface area contributed by atoms with Crippen LogP contribution < -0.4 is 16.2 Å². The second-order valence-electron chi connectivity index (χ2n) is 7.81. The Morgan fingerprint density at radius 2 is 2.12 bits per heavy atom. The van der Waals surface area contributed by atoms with Gasteiger partial charge in [0.2, 0.25) is 5.95 Å². The Bertz CT molecular complexity index is 1370. The number of nitrogens with zero attached hydrogens (tertiary/aromatic N) is 5. The third kappa shape index (κ3) is 3.58. The van der Waals surface area contributed by atoms with Gasteiger partial charge in [-0.3, -0.25) is 9.78 Å². The van der Waals surface area contributed by atoms with E-state index in [0.29, 0.717) is 23.5 Å². The highest BCUT2D eigenvalue weighted by atomic mass is 16.1. The number of anilines is 2. The van der Waals surface area contributed by atoms with Crippen LogP contribution in [0.1, 0.15) is 23.7 Å². The van der Waals surface area contributed by atoms with Gasteiger partial charge in [-0.15, -0.1) is 6.58 Å². The molecule has 8 nitrogen and oxygen atoms in total. The molecule has 4 heterocycles. The van der Waals surface area contributed by atoms with Crippen LogP contribution >= 0.6 is 0 Å². The minimum absolute atomic E-state index is 0.152. The number of aryl methyl sites for hydroxylation is 1. The maximum Gasteiger partial charge on any atom is 0.278 e. The summed E-state index contributed by atoms with van der Waals surface area (Å²) in [5, 5.41) is 7.16. The lowest BCUT2D eigenvalue weighted by atomic mass is 10.0. The van der Waals surface area contributed by atoms with E-state index in [2.05, 4.69) is 46.2 Å². The Kier molecular flexibility index (Phi) is 5.28. The quantitative estimate of drug-likeness (QED) is 0.460. The van der Waals surface area contributed by atoms with Gasteiger partial charge in [-0.05, 0) is 54.8 Å². The fourth-order valence-corrected chi connectivity index (χ4v) is 4.12. The average Bonchev–Trinajstić information content (AvgIpc) is 3.10. The fraction of sp³-hybridized carbons (Fsp3) is 0.250. The van der Waals surface area contributed by atoms with Crippen LogP contribution in [0.2, 0.25) is 0 Å². The van der Waals surface area contributed by atoms with Crippen molar-refractivity contribution in [2.24, 2.45) is 0 Å². The number of aromatic nitrogens is 5. The molecule has 32 heavy (non-hydrogen) atoms. The largest absolute Gasteiger partial charge is 0.324 e. The van der Waals surface area contributed by atoms with Crippen molar-refractivity contribution >= 4 is 22.7 Å². The van der Waals surface area contributed by atoms with E-state index in [-0.39, 0.29) is 5.56 Å². The molecule has 1 aliphatic heterocycles. The predicted molar refractivity (Wildman–Crippen MR) is 126 cm³/mol. The molecule has 0 amide bonds. The summed E-state index contributed by atoms with van der Waals surface area (Å²) in [5.74, 6) is 0.440. The lowest BCUT2D eigenvalue weighted by molar-refractivity contribution is 0.605. The van der Waals surface area contributed by atoms with E-state index in [1.54, 1.807) is 23.2 Å². The van der Waals surface area contributed by atoms with Gasteiger partial charge >= 0.3 is 0 Å². The van der Waals surface area contributed by atoms with E-state index in [1.807, 2.05) is 22.9 Å². The minimum atomic E-state index is -0.152. The summed E-state index contributed by atoms with van der Waals surface area (Å²) in [7, 11) is 0. The third-order valence-corrected chi connectivity index (χ3v) is 5.73. The molecule has 1 aromatic carbocycles. The molecule has 5 rings (SSSR count). The first kappa shape index (κ1) is 20.1. The van der Waals surface area contributed by atoms with Crippen molar-refractivity contribution in [3.63, 3.8) is 0 Å². The van der Waals surface area contributed by atoms with Crippen molar-refractivity contribution in [2.45, 2.75) is 32.9 Å². The van der Waals surface area contributed by atoms with Crippen molar-refractivity contribution in [2.75, 3.05) is 11.9 Å². The first-order valence-electron chi connectivity index (χ1n) is 10.8. The maximum absolute atomic E-state index is 13.1. The average molecular weight is 428 g/mol. The molecule has 0 spiro atoms. The molecular formula is C24H25N7O. The highest BCUT2D eigenvalue weighted by Crippen LogP contribution is 2.22. The van der Waals surface area contributed by atoms with Crippen molar-refractivity contribution in [1.82, 2.24) is 29.6 Å². The predicted octanol–water partition coefficient (Wildman–Crippen LogP) is 3.11. The maximum atomic E-state index is 13.1. The summed E-state index contributed by atoms with van der Waals surface area (Å²) in [4.78, 5) is 26.6. The van der Waals surface area contributed by atoms with Gasteiger partial charge in [-0.1, -0.05) is 19.1 Å². The first-order chi connectivity index (χ1) is 15.7. The molecule has 2 N–H and O–H groups in total. The molecule has 0 unspecified atom stereocenters. The zero-order valence-corrected chi connectivity index (χ0v) is 18.0. The molecule has 4 aromatic rings. The molecular weight excluding hydrogens is 402 g/mol. The van der Waals surface area contributed by atoms with Crippen LogP contribution in [-0.2, 0) is 25.9 Å². The Hall–Kier alpha value is -3.78. The topological polar surface area (TPSA) is 89.7 Å². The molecule has 162 valence electrons. The molecule has 1 aliphatic rings. The molecule has 0 saturated carbocycles. The molecule has 8 heteroatoms. The fourth-order valence-electron chi connectivity index (χ4n) is 4.12. The van der Waals surface area contributed by atoms with Crippen molar-refractivity contribution in [3.05, 3.63) is 82.6 Å². The summed E-state index contributed by atoms with van der Waals surface area (Å²) in [6.45, 7) is 8.08. The highest BCUT2D eigenvalue weighted by Gasteiger charge is 2.17. The van der Waals surface area contributed by atoms with E-state index < -0.39 is 0 Å². The van der Waals surface area contributed by atoms with Gasteiger partial charge in [0.15, 0.2) is 5.65 Å². The van der Waals surface area contributed by atoms with Crippen LogP contribution in [-0.4, -0.2) is 30.9 Å². The summed E-state index contributed by atoms with van der Waals surface area (Å²) in [6, 6.07) is 10.2. The smallest absolute Gasteiger partial charge is 0.278 e. The highest BCUT2D eigenvalue weighted by molar-refractivity contribution is 5.77. The van der Waals surface area contributed by atoms with Crippen LogP contribution in [0.3, 0.4) is 0 Å². The molecule has 3 aromatic heterocycles. The van der Waals surface area contributed by atoms with Gasteiger partial charge in [-0.25, -0.2) is 14.3 Å². The van der Waals surface area contributed by atoms with Gasteiger partial charge in [0.1, 0.15) is 5.39 Å². The number of fused-ring (bicyclic) bond motifs is 2. The summed E-state index contributed by atoms with van der Waals surface area (Å²) in [5.41, 5.74) is 5.73. The zero-order chi connectivity index (χ0) is 22.1. The van der Waals surface area contributed by atoms with E-state index in [0.717, 1.165) is 43.0 Å². The summed E-state index contributed by atoms with van der Waals surface area (Å²) in [6.07, 6.45) is 6.88. The number of nitrogens with one attached hydrogen (secondary N) is 2. The molecule has 0 fully saturated rings. The Balaban J connectivity index is 1.61. The van der Waals surface area contributed by atoms with E-state index in [9.17, 15) is 4.79 Å². The van der Waals surface area contributed by atoms with Gasteiger partial charge in [-0.2, -0.15) is 4.98 Å². The van der Waals surface area contributed by atoms with E-state index >= 15 is 0 Å². The number of allylic oxidation sites excluding steroid dienone is 1. The van der Waals surface area contributed by atoms with Crippen molar-refractivity contribution < 1.29 is 0 Å². The molecule has 0 bridgehead atoms. The lowest BCUT2D eigenvalue weighted by Gasteiger charge is -2.18. The molecule has 0 radical (unpaired) electrons. The summed E-state index contributed by atoms with van der Waals surface area (Å²) < 4.78 is 3.44. The molecule has 0 aliphatic carbocycles. The molecule has 0 saturated heterocycles. The third-order valence-electron chi connectivity index (χ3n) is 5.73. The Morgan fingerprint density at radius 3 is 2.97 bits per heavy atom. The van der Waals surface area contributed by atoms with Crippen molar-refractivity contribution in [1.29, 1.82) is 0 Å². The SMILES string of the molecule is C=CCn1c(=O)c2cnc(Nc3ccc4c(c3)CNCC4)nc2n1-c1ccnc(CC)c1.